The van der Waals surface area contributed by atoms with Crippen molar-refractivity contribution in [3.05, 3.63) is 54.4 Å². The minimum Gasteiger partial charge on any atom is -0.384 e. The van der Waals surface area contributed by atoms with E-state index in [1.165, 1.54) is 0 Å². The molecule has 0 saturated heterocycles. The summed E-state index contributed by atoms with van der Waals surface area (Å²) in [6.45, 7) is 4.05. The molecule has 0 unspecified atom stereocenters. The third kappa shape index (κ3) is 2.65. The number of nitrogen functional groups attached to an aromatic ring is 1. The molecule has 0 radical (unpaired) electrons. The lowest BCUT2D eigenvalue weighted by atomic mass is 9.98. The molecule has 5 nitrogen and oxygen atoms in total. The van der Waals surface area contributed by atoms with Crippen molar-refractivity contribution in [3.63, 3.8) is 0 Å². The zero-order valence-corrected chi connectivity index (χ0v) is 12.6. The van der Waals surface area contributed by atoms with Crippen molar-refractivity contribution in [3.8, 4) is 22.4 Å². The first-order valence-corrected chi connectivity index (χ1v) is 7.18. The van der Waals surface area contributed by atoms with Crippen LogP contribution in [0.1, 0.15) is 18.3 Å². The maximum absolute atomic E-state index is 5.69. The van der Waals surface area contributed by atoms with Crippen LogP contribution in [0, 0.1) is 6.92 Å². The lowest BCUT2D eigenvalue weighted by Crippen LogP contribution is -2.00. The molecule has 5 heteroatoms. The Hall–Kier alpha value is -2.82. The van der Waals surface area contributed by atoms with Crippen LogP contribution >= 0.6 is 0 Å². The van der Waals surface area contributed by atoms with E-state index in [9.17, 15) is 0 Å². The van der Waals surface area contributed by atoms with Crippen molar-refractivity contribution in [2.75, 3.05) is 5.73 Å². The van der Waals surface area contributed by atoms with Crippen LogP contribution in [0.5, 0.6) is 0 Å². The number of aryl methyl sites for hydroxylation is 2. The molecule has 0 aliphatic rings. The average molecular weight is 291 g/mol. The van der Waals surface area contributed by atoms with Gasteiger partial charge in [0.15, 0.2) is 0 Å². The maximum Gasteiger partial charge on any atom is 0.123 e. The first-order valence-electron chi connectivity index (χ1n) is 7.18. The highest BCUT2D eigenvalue weighted by molar-refractivity contribution is 5.82. The van der Waals surface area contributed by atoms with Gasteiger partial charge in [-0.25, -0.2) is 15.0 Å². The second-order valence-corrected chi connectivity index (χ2v) is 5.06. The molecule has 3 rings (SSSR count). The van der Waals surface area contributed by atoms with Gasteiger partial charge in [-0.1, -0.05) is 6.92 Å². The number of anilines is 1. The SMILES string of the molecule is CCc1ncnc(-c2ccnc(C)c2)c1-c1ccc(N)nc1. The Morgan fingerprint density at radius 3 is 2.55 bits per heavy atom. The van der Waals surface area contributed by atoms with Gasteiger partial charge < -0.3 is 5.73 Å². The van der Waals surface area contributed by atoms with E-state index < -0.39 is 0 Å². The summed E-state index contributed by atoms with van der Waals surface area (Å²) >= 11 is 0. The highest BCUT2D eigenvalue weighted by Gasteiger charge is 2.14. The second-order valence-electron chi connectivity index (χ2n) is 5.06. The normalized spacial score (nSPS) is 10.6. The topological polar surface area (TPSA) is 77.6 Å². The van der Waals surface area contributed by atoms with E-state index in [1.54, 1.807) is 24.8 Å². The quantitative estimate of drug-likeness (QED) is 0.802. The summed E-state index contributed by atoms with van der Waals surface area (Å²) in [6.07, 6.45) is 5.99. The van der Waals surface area contributed by atoms with E-state index in [-0.39, 0.29) is 0 Å². The minimum absolute atomic E-state index is 0.500. The van der Waals surface area contributed by atoms with Crippen LogP contribution in [0.15, 0.2) is 43.0 Å². The maximum atomic E-state index is 5.69. The van der Waals surface area contributed by atoms with E-state index >= 15 is 0 Å². The first kappa shape index (κ1) is 14.1. The zero-order chi connectivity index (χ0) is 15.5. The van der Waals surface area contributed by atoms with Gasteiger partial charge in [-0.3, -0.25) is 4.98 Å². The molecule has 0 amide bonds. The van der Waals surface area contributed by atoms with Crippen LogP contribution in [0.4, 0.5) is 5.82 Å². The van der Waals surface area contributed by atoms with Crippen LogP contribution in [0.2, 0.25) is 0 Å². The first-order chi connectivity index (χ1) is 10.7. The smallest absolute Gasteiger partial charge is 0.123 e. The van der Waals surface area contributed by atoms with Crippen molar-refractivity contribution < 1.29 is 0 Å². The van der Waals surface area contributed by atoms with Gasteiger partial charge in [0.2, 0.25) is 0 Å². The molecule has 0 atom stereocenters. The predicted molar refractivity (Wildman–Crippen MR) is 87.0 cm³/mol. The molecule has 3 aromatic rings. The molecule has 0 aliphatic carbocycles. The van der Waals surface area contributed by atoms with Crippen molar-refractivity contribution in [1.29, 1.82) is 0 Å². The Morgan fingerprint density at radius 1 is 1.00 bits per heavy atom. The number of nitrogens with zero attached hydrogens (tertiary/aromatic N) is 4. The van der Waals surface area contributed by atoms with Crippen molar-refractivity contribution in [2.24, 2.45) is 0 Å². The Kier molecular flexibility index (Phi) is 3.78. The molecule has 2 N–H and O–H groups in total. The monoisotopic (exact) mass is 291 g/mol. The predicted octanol–water partition coefficient (Wildman–Crippen LogP) is 3.05. The Labute approximate surface area is 129 Å². The standard InChI is InChI=1S/C17H17N5/c1-3-14-16(13-4-5-15(18)20-9-13)17(22-10-21-14)12-6-7-19-11(2)8-12/h4-10H,3H2,1-2H3,(H2,18,20). The summed E-state index contributed by atoms with van der Waals surface area (Å²) < 4.78 is 0. The van der Waals surface area contributed by atoms with Crippen molar-refractivity contribution >= 4 is 5.82 Å². The Balaban J connectivity index is 2.25. The number of nitrogens with two attached hydrogens (primary N) is 1. The molecular formula is C17H17N5. The molecule has 0 spiro atoms. The number of rotatable bonds is 3. The van der Waals surface area contributed by atoms with Gasteiger partial charge >= 0.3 is 0 Å². The van der Waals surface area contributed by atoms with Gasteiger partial charge in [0.05, 0.1) is 11.4 Å². The summed E-state index contributed by atoms with van der Waals surface area (Å²) in [5.74, 6) is 0.500. The molecule has 22 heavy (non-hydrogen) atoms. The fraction of sp³-hybridized carbons (Fsp3) is 0.176. The van der Waals surface area contributed by atoms with Gasteiger partial charge in [-0.15, -0.1) is 0 Å². The molecule has 0 aliphatic heterocycles. The zero-order valence-electron chi connectivity index (χ0n) is 12.6. The van der Waals surface area contributed by atoms with Crippen LogP contribution in [-0.4, -0.2) is 19.9 Å². The fourth-order valence-electron chi connectivity index (χ4n) is 2.46. The molecule has 0 saturated carbocycles. The number of pyridine rings is 2. The lowest BCUT2D eigenvalue weighted by Gasteiger charge is -2.13. The lowest BCUT2D eigenvalue weighted by molar-refractivity contribution is 1.00. The van der Waals surface area contributed by atoms with Crippen molar-refractivity contribution in [1.82, 2.24) is 19.9 Å². The number of aromatic nitrogens is 4. The number of hydrogen-bond donors (Lipinski definition) is 1. The van der Waals surface area contributed by atoms with E-state index in [0.717, 1.165) is 40.2 Å². The third-order valence-corrected chi connectivity index (χ3v) is 3.51. The molecule has 0 bridgehead atoms. The molecule has 110 valence electrons. The van der Waals surface area contributed by atoms with Crippen molar-refractivity contribution in [2.45, 2.75) is 20.3 Å². The molecule has 0 fully saturated rings. The van der Waals surface area contributed by atoms with Gasteiger partial charge in [-0.2, -0.15) is 0 Å². The molecular weight excluding hydrogens is 274 g/mol. The van der Waals surface area contributed by atoms with E-state index in [0.29, 0.717) is 5.82 Å². The van der Waals surface area contributed by atoms with Gasteiger partial charge in [0.25, 0.3) is 0 Å². The van der Waals surface area contributed by atoms with Crippen LogP contribution in [0.25, 0.3) is 22.4 Å². The highest BCUT2D eigenvalue weighted by Crippen LogP contribution is 2.32. The van der Waals surface area contributed by atoms with E-state index in [1.807, 2.05) is 25.1 Å². The third-order valence-electron chi connectivity index (χ3n) is 3.51. The van der Waals surface area contributed by atoms with Crippen LogP contribution in [-0.2, 0) is 6.42 Å². The Bertz CT molecular complexity index is 796. The second kappa shape index (κ2) is 5.89. The van der Waals surface area contributed by atoms with E-state index in [4.69, 9.17) is 5.73 Å². The van der Waals surface area contributed by atoms with Gasteiger partial charge in [0, 0.05) is 34.8 Å². The summed E-state index contributed by atoms with van der Waals surface area (Å²) in [5, 5.41) is 0. The summed E-state index contributed by atoms with van der Waals surface area (Å²) in [5.41, 5.74) is 11.5. The summed E-state index contributed by atoms with van der Waals surface area (Å²) in [7, 11) is 0. The largest absolute Gasteiger partial charge is 0.384 e. The van der Waals surface area contributed by atoms with E-state index in [2.05, 4.69) is 26.9 Å². The summed E-state index contributed by atoms with van der Waals surface area (Å²) in [6, 6.07) is 7.74. The van der Waals surface area contributed by atoms with Gasteiger partial charge in [-0.05, 0) is 37.6 Å². The highest BCUT2D eigenvalue weighted by atomic mass is 14.9. The molecule has 0 aromatic carbocycles. The van der Waals surface area contributed by atoms with Crippen LogP contribution < -0.4 is 5.73 Å². The fourth-order valence-corrected chi connectivity index (χ4v) is 2.46. The van der Waals surface area contributed by atoms with Gasteiger partial charge in [0.1, 0.15) is 12.1 Å². The minimum atomic E-state index is 0.500. The molecule has 3 aromatic heterocycles. The summed E-state index contributed by atoms with van der Waals surface area (Å²) in [4.78, 5) is 17.4. The average Bonchev–Trinajstić information content (AvgIpc) is 2.55. The Morgan fingerprint density at radius 2 is 1.86 bits per heavy atom. The molecule has 3 heterocycles. The van der Waals surface area contributed by atoms with Crippen LogP contribution in [0.3, 0.4) is 0 Å². The number of hydrogen-bond acceptors (Lipinski definition) is 5.